The Hall–Kier alpha value is -1.84. The van der Waals surface area contributed by atoms with Crippen molar-refractivity contribution in [3.63, 3.8) is 0 Å². The molecule has 3 aromatic heterocycles. The van der Waals surface area contributed by atoms with Crippen LogP contribution in [0.25, 0.3) is 28.0 Å². The fraction of sp³-hybridized carbons (Fsp3) is 0.235. The first-order chi connectivity index (χ1) is 12.2. The molecule has 0 atom stereocenters. The molecule has 0 saturated carbocycles. The van der Waals surface area contributed by atoms with E-state index in [9.17, 15) is 13.2 Å². The van der Waals surface area contributed by atoms with Gasteiger partial charge in [-0.1, -0.05) is 17.8 Å². The molecule has 1 aromatic carbocycles. The topological polar surface area (TPSA) is 100.0 Å². The van der Waals surface area contributed by atoms with Crippen molar-refractivity contribution < 1.29 is 45.7 Å². The van der Waals surface area contributed by atoms with Gasteiger partial charge in [0.25, 0.3) is 0 Å². The number of pyridine rings is 1. The van der Waals surface area contributed by atoms with Crippen LogP contribution in [0.3, 0.4) is 0 Å². The van der Waals surface area contributed by atoms with Gasteiger partial charge in [-0.3, -0.25) is 4.57 Å². The molecule has 0 aliphatic heterocycles. The summed E-state index contributed by atoms with van der Waals surface area (Å²) in [6.45, 7) is 5.28. The maximum Gasteiger partial charge on any atom is 0.347 e. The first-order valence-electron chi connectivity index (χ1n) is 7.79. The molecule has 27 heavy (non-hydrogen) atoms. The maximum absolute atomic E-state index is 13.1. The number of imidazole rings is 1. The molecule has 0 fully saturated rings. The third-order valence-electron chi connectivity index (χ3n) is 4.35. The smallest absolute Gasteiger partial charge is 0.347 e. The Bertz CT molecular complexity index is 1370. The molecule has 4 aromatic rings. The van der Waals surface area contributed by atoms with E-state index in [1.807, 2.05) is 6.92 Å². The molecule has 1 radical (unpaired) electrons. The van der Waals surface area contributed by atoms with Gasteiger partial charge < -0.3 is 4.52 Å². The average Bonchev–Trinajstić information content (AvgIpc) is 3.06. The van der Waals surface area contributed by atoms with E-state index in [0.29, 0.717) is 33.6 Å². The van der Waals surface area contributed by atoms with Gasteiger partial charge in [0.15, 0.2) is 11.2 Å². The van der Waals surface area contributed by atoms with Crippen LogP contribution in [-0.2, 0) is 42.7 Å². The van der Waals surface area contributed by atoms with Gasteiger partial charge in [0, 0.05) is 38.3 Å². The van der Waals surface area contributed by atoms with Crippen molar-refractivity contribution in [1.29, 1.82) is 0 Å². The molecule has 0 aliphatic rings. The summed E-state index contributed by atoms with van der Waals surface area (Å²) in [7, 11) is -3.88. The molecular weight excluding hydrogens is 445 g/mol. The quantitative estimate of drug-likeness (QED) is 0.424. The minimum atomic E-state index is -3.88. The predicted molar refractivity (Wildman–Crippen MR) is 96.2 cm³/mol. The van der Waals surface area contributed by atoms with Gasteiger partial charge in [0.2, 0.25) is 10.0 Å². The van der Waals surface area contributed by atoms with Gasteiger partial charge in [0.05, 0.1) is 11.8 Å². The van der Waals surface area contributed by atoms with Gasteiger partial charge in [0.1, 0.15) is 11.2 Å². The monoisotopic (exact) mass is 460 g/mol. The standard InChI is InChI=1S/C17H15N4O4S.Y/c1-9-7-5-6-8-12(9)20-14-10(2)15-13(11(3)19-25-15)18-16(14)21(17(20)22)26(4,23)24;/h6-8H,1-4H3;/q-1;. The SMILES string of the molecule is Cc1c[c-]ccc1-n1c(=O)n(S(C)(=O)=O)c2nc3c(C)noc3c(C)c21.[Y]. The minimum absolute atomic E-state index is 0. The van der Waals surface area contributed by atoms with Gasteiger partial charge in [-0.15, -0.1) is 11.6 Å². The number of benzene rings is 1. The largest absolute Gasteiger partial charge is 0.354 e. The summed E-state index contributed by atoms with van der Waals surface area (Å²) in [6, 6.07) is 8.04. The van der Waals surface area contributed by atoms with E-state index in [0.717, 1.165) is 15.8 Å². The van der Waals surface area contributed by atoms with E-state index < -0.39 is 15.7 Å². The van der Waals surface area contributed by atoms with E-state index >= 15 is 0 Å². The molecule has 10 heteroatoms. The van der Waals surface area contributed by atoms with Crippen molar-refractivity contribution in [3.8, 4) is 5.69 Å². The van der Waals surface area contributed by atoms with Crippen molar-refractivity contribution in [2.75, 3.05) is 6.26 Å². The third-order valence-corrected chi connectivity index (χ3v) is 5.34. The summed E-state index contributed by atoms with van der Waals surface area (Å²) in [5.74, 6) is 0. The Morgan fingerprint density at radius 3 is 2.56 bits per heavy atom. The molecular formula is C17H15N4O4SY-. The molecule has 0 aliphatic carbocycles. The van der Waals surface area contributed by atoms with Crippen LogP contribution in [-0.4, -0.2) is 33.4 Å². The number of rotatable bonds is 2. The summed E-state index contributed by atoms with van der Waals surface area (Å²) < 4.78 is 32.1. The summed E-state index contributed by atoms with van der Waals surface area (Å²) in [5.41, 5.74) is 3.03. The first kappa shape index (κ1) is 19.9. The van der Waals surface area contributed by atoms with Crippen LogP contribution in [0.5, 0.6) is 0 Å². The molecule has 0 N–H and O–H groups in total. The second-order valence-corrected chi connectivity index (χ2v) is 8.04. The molecule has 8 nitrogen and oxygen atoms in total. The van der Waals surface area contributed by atoms with Gasteiger partial charge in [-0.05, 0) is 13.8 Å². The summed E-state index contributed by atoms with van der Waals surface area (Å²) in [6.07, 6.45) is 0.978. The summed E-state index contributed by atoms with van der Waals surface area (Å²) >= 11 is 0. The summed E-state index contributed by atoms with van der Waals surface area (Å²) in [4.78, 5) is 17.5. The van der Waals surface area contributed by atoms with Crippen molar-refractivity contribution in [3.05, 3.63) is 51.6 Å². The molecule has 137 valence electrons. The Labute approximate surface area is 180 Å². The third kappa shape index (κ3) is 2.88. The minimum Gasteiger partial charge on any atom is -0.354 e. The van der Waals surface area contributed by atoms with Crippen molar-refractivity contribution in [1.82, 2.24) is 18.7 Å². The second-order valence-electron chi connectivity index (χ2n) is 6.21. The van der Waals surface area contributed by atoms with Crippen molar-refractivity contribution >= 4 is 32.3 Å². The number of fused-ring (bicyclic) bond motifs is 2. The molecule has 3 heterocycles. The molecule has 0 amide bonds. The second kappa shape index (κ2) is 6.65. The van der Waals surface area contributed by atoms with E-state index in [2.05, 4.69) is 16.2 Å². The van der Waals surface area contributed by atoms with Crippen molar-refractivity contribution in [2.45, 2.75) is 20.8 Å². The molecule has 0 saturated heterocycles. The van der Waals surface area contributed by atoms with Gasteiger partial charge in [-0.2, -0.15) is 22.2 Å². The summed E-state index contributed by atoms with van der Waals surface area (Å²) in [5, 5.41) is 3.90. The number of hydrogen-bond acceptors (Lipinski definition) is 6. The van der Waals surface area contributed by atoms with Crippen LogP contribution >= 0.6 is 0 Å². The van der Waals surface area contributed by atoms with Gasteiger partial charge >= 0.3 is 5.69 Å². The molecule has 0 spiro atoms. The molecule has 0 bridgehead atoms. The normalized spacial score (nSPS) is 11.9. The van der Waals surface area contributed by atoms with Crippen molar-refractivity contribution in [2.24, 2.45) is 0 Å². The number of aryl methyl sites for hydroxylation is 3. The molecule has 0 unspecified atom stereocenters. The fourth-order valence-electron chi connectivity index (χ4n) is 3.14. The van der Waals surface area contributed by atoms with Crippen LogP contribution < -0.4 is 5.69 Å². The van der Waals surface area contributed by atoms with Crippen LogP contribution in [0.4, 0.5) is 0 Å². The van der Waals surface area contributed by atoms with Crippen LogP contribution in [0.15, 0.2) is 27.5 Å². The van der Waals surface area contributed by atoms with Gasteiger partial charge in [-0.25, -0.2) is 18.2 Å². The van der Waals surface area contributed by atoms with E-state index in [1.165, 1.54) is 4.57 Å². The number of nitrogens with zero attached hydrogens (tertiary/aromatic N) is 4. The number of hydrogen-bond donors (Lipinski definition) is 0. The maximum atomic E-state index is 13.1. The Morgan fingerprint density at radius 2 is 1.93 bits per heavy atom. The number of aromatic nitrogens is 4. The van der Waals surface area contributed by atoms with E-state index in [1.54, 1.807) is 32.0 Å². The van der Waals surface area contributed by atoms with Crippen LogP contribution in [0.2, 0.25) is 0 Å². The van der Waals surface area contributed by atoms with Crippen LogP contribution in [0.1, 0.15) is 16.8 Å². The Kier molecular flexibility index (Phi) is 4.90. The fourth-order valence-corrected chi connectivity index (χ4v) is 3.95. The molecule has 4 rings (SSSR count). The zero-order valence-electron chi connectivity index (χ0n) is 15.1. The first-order valence-corrected chi connectivity index (χ1v) is 9.64. The Morgan fingerprint density at radius 1 is 1.22 bits per heavy atom. The zero-order chi connectivity index (χ0) is 18.8. The van der Waals surface area contributed by atoms with Crippen LogP contribution in [0, 0.1) is 26.8 Å². The Balaban J connectivity index is 0.00000210. The predicted octanol–water partition coefficient (Wildman–Crippen LogP) is 1.86. The average molecular weight is 460 g/mol. The van der Waals surface area contributed by atoms with E-state index in [4.69, 9.17) is 4.52 Å². The zero-order valence-corrected chi connectivity index (χ0v) is 18.8. The van der Waals surface area contributed by atoms with E-state index in [-0.39, 0.29) is 38.4 Å².